The first kappa shape index (κ1) is 16.2. The maximum absolute atomic E-state index is 12.7. The van der Waals surface area contributed by atoms with E-state index in [4.69, 9.17) is 4.52 Å². The summed E-state index contributed by atoms with van der Waals surface area (Å²) in [6.07, 6.45) is 2.71. The Bertz CT molecular complexity index is 909. The molecule has 0 aliphatic carbocycles. The summed E-state index contributed by atoms with van der Waals surface area (Å²) in [7, 11) is 1.89. The fourth-order valence-electron chi connectivity index (χ4n) is 2.93. The van der Waals surface area contributed by atoms with Crippen LogP contribution >= 0.6 is 0 Å². The van der Waals surface area contributed by atoms with E-state index in [9.17, 15) is 4.79 Å². The molecule has 0 aliphatic heterocycles. The number of rotatable bonds is 4. The maximum atomic E-state index is 12.7. The molecule has 3 rings (SSSR count). The average Bonchev–Trinajstić information content (AvgIpc) is 3.01. The minimum atomic E-state index is -0.147. The summed E-state index contributed by atoms with van der Waals surface area (Å²) in [5, 5.41) is 12.0. The Morgan fingerprint density at radius 1 is 1.33 bits per heavy atom. The van der Waals surface area contributed by atoms with Crippen LogP contribution in [0.2, 0.25) is 0 Å². The van der Waals surface area contributed by atoms with E-state index in [1.54, 1.807) is 10.7 Å². The van der Waals surface area contributed by atoms with Gasteiger partial charge in [0.1, 0.15) is 0 Å². The molecule has 3 aromatic rings. The molecule has 0 radical (unpaired) electrons. The minimum Gasteiger partial charge on any atom is -0.349 e. The van der Waals surface area contributed by atoms with Crippen LogP contribution in [0.1, 0.15) is 39.9 Å². The van der Waals surface area contributed by atoms with Crippen molar-refractivity contribution < 1.29 is 9.32 Å². The zero-order chi connectivity index (χ0) is 17.4. The highest BCUT2D eigenvalue weighted by atomic mass is 16.5. The number of aryl methyl sites for hydroxylation is 4. The number of nitrogens with one attached hydrogen (secondary N) is 1. The van der Waals surface area contributed by atoms with E-state index in [1.807, 2.05) is 40.9 Å². The molecular formula is C17H21N5O2. The Morgan fingerprint density at radius 3 is 2.75 bits per heavy atom. The van der Waals surface area contributed by atoms with Crippen LogP contribution < -0.4 is 5.32 Å². The first-order chi connectivity index (χ1) is 11.3. The van der Waals surface area contributed by atoms with Gasteiger partial charge in [-0.3, -0.25) is 9.48 Å². The second-order valence-electron chi connectivity index (χ2n) is 6.25. The number of carbonyl (C=O) groups excluding carboxylic acids is 1. The highest BCUT2D eigenvalue weighted by molar-refractivity contribution is 6.06. The van der Waals surface area contributed by atoms with Crippen LogP contribution in [0.25, 0.3) is 11.1 Å². The second-order valence-corrected chi connectivity index (χ2v) is 6.25. The fourth-order valence-corrected chi connectivity index (χ4v) is 2.93. The van der Waals surface area contributed by atoms with Crippen molar-refractivity contribution in [3.05, 3.63) is 40.5 Å². The van der Waals surface area contributed by atoms with Crippen LogP contribution in [0.3, 0.4) is 0 Å². The van der Waals surface area contributed by atoms with Gasteiger partial charge in [0.25, 0.3) is 11.6 Å². The first-order valence-electron chi connectivity index (χ1n) is 7.88. The molecule has 0 bridgehead atoms. The van der Waals surface area contributed by atoms with Gasteiger partial charge in [0.2, 0.25) is 0 Å². The van der Waals surface area contributed by atoms with E-state index in [0.717, 1.165) is 23.4 Å². The predicted octanol–water partition coefficient (Wildman–Crippen LogP) is 2.24. The average molecular weight is 327 g/mol. The van der Waals surface area contributed by atoms with Crippen molar-refractivity contribution in [3.63, 3.8) is 0 Å². The molecule has 0 saturated heterocycles. The number of carbonyl (C=O) groups is 1. The number of amides is 1. The second kappa shape index (κ2) is 6.07. The lowest BCUT2D eigenvalue weighted by atomic mass is 10.1. The van der Waals surface area contributed by atoms with Crippen LogP contribution in [0.15, 0.2) is 16.8 Å². The van der Waals surface area contributed by atoms with Gasteiger partial charge in [-0.2, -0.15) is 5.10 Å². The lowest BCUT2D eigenvalue weighted by Crippen LogP contribution is -2.34. The van der Waals surface area contributed by atoms with Gasteiger partial charge in [-0.15, -0.1) is 0 Å². The quantitative estimate of drug-likeness (QED) is 0.794. The number of hydrogen-bond acceptors (Lipinski definition) is 5. The molecule has 1 N–H and O–H groups in total. The van der Waals surface area contributed by atoms with Gasteiger partial charge in [0.15, 0.2) is 0 Å². The molecule has 3 heterocycles. The highest BCUT2D eigenvalue weighted by Crippen LogP contribution is 2.22. The van der Waals surface area contributed by atoms with Crippen molar-refractivity contribution in [2.75, 3.05) is 0 Å². The highest BCUT2D eigenvalue weighted by Gasteiger charge is 2.19. The predicted molar refractivity (Wildman–Crippen MR) is 89.9 cm³/mol. The maximum Gasteiger partial charge on any atom is 0.258 e. The summed E-state index contributed by atoms with van der Waals surface area (Å²) in [6.45, 7) is 7.59. The third kappa shape index (κ3) is 3.02. The number of nitrogens with zero attached hydrogens (tertiary/aromatic N) is 4. The minimum absolute atomic E-state index is 0.0240. The fraction of sp³-hybridized carbons (Fsp3) is 0.412. The number of hydrogen-bond donors (Lipinski definition) is 1. The Hall–Kier alpha value is -2.70. The van der Waals surface area contributed by atoms with E-state index >= 15 is 0 Å². The summed E-state index contributed by atoms with van der Waals surface area (Å²) in [5.74, 6) is -0.147. The zero-order valence-corrected chi connectivity index (χ0v) is 14.5. The normalized spacial score (nSPS) is 12.5. The topological polar surface area (TPSA) is 85.8 Å². The summed E-state index contributed by atoms with van der Waals surface area (Å²) in [4.78, 5) is 17.0. The lowest BCUT2D eigenvalue weighted by molar-refractivity contribution is 0.0941. The summed E-state index contributed by atoms with van der Waals surface area (Å²) >= 11 is 0. The number of pyridine rings is 1. The van der Waals surface area contributed by atoms with Gasteiger partial charge in [-0.25, -0.2) is 4.98 Å². The smallest absolute Gasteiger partial charge is 0.258 e. The van der Waals surface area contributed by atoms with Crippen molar-refractivity contribution in [2.45, 2.75) is 40.2 Å². The summed E-state index contributed by atoms with van der Waals surface area (Å²) in [5.41, 5.74) is 4.44. The molecule has 0 saturated carbocycles. The molecule has 126 valence electrons. The van der Waals surface area contributed by atoms with Gasteiger partial charge in [-0.1, -0.05) is 5.16 Å². The van der Waals surface area contributed by atoms with Gasteiger partial charge in [0, 0.05) is 25.0 Å². The molecule has 0 unspecified atom stereocenters. The Morgan fingerprint density at radius 2 is 2.08 bits per heavy atom. The third-order valence-corrected chi connectivity index (χ3v) is 4.01. The van der Waals surface area contributed by atoms with E-state index in [0.29, 0.717) is 22.4 Å². The molecule has 0 aromatic carbocycles. The Labute approximate surface area is 140 Å². The van der Waals surface area contributed by atoms with Gasteiger partial charge in [-0.05, 0) is 45.7 Å². The third-order valence-electron chi connectivity index (χ3n) is 4.01. The van der Waals surface area contributed by atoms with E-state index in [-0.39, 0.29) is 11.9 Å². The Kier molecular flexibility index (Phi) is 4.09. The molecule has 24 heavy (non-hydrogen) atoms. The summed E-state index contributed by atoms with van der Waals surface area (Å²) < 4.78 is 6.97. The molecule has 0 spiro atoms. The van der Waals surface area contributed by atoms with Crippen molar-refractivity contribution in [3.8, 4) is 0 Å². The van der Waals surface area contributed by atoms with Crippen molar-refractivity contribution in [2.24, 2.45) is 7.05 Å². The van der Waals surface area contributed by atoms with Crippen molar-refractivity contribution in [1.29, 1.82) is 0 Å². The molecule has 0 aliphatic rings. The zero-order valence-electron chi connectivity index (χ0n) is 14.5. The Balaban J connectivity index is 1.82. The molecule has 7 nitrogen and oxygen atoms in total. The molecule has 3 aromatic heterocycles. The largest absolute Gasteiger partial charge is 0.349 e. The van der Waals surface area contributed by atoms with E-state index in [2.05, 4.69) is 20.6 Å². The standard InChI is InChI=1S/C17H21N5O2/c1-9(6-13-8-22(5)20-11(13)3)18-16(23)14-7-10(2)19-17-15(14)12(4)21-24-17/h7-9H,6H2,1-5H3,(H,18,23)/t9-/m1/s1. The molecule has 1 amide bonds. The van der Waals surface area contributed by atoms with Crippen LogP contribution in [-0.4, -0.2) is 31.9 Å². The van der Waals surface area contributed by atoms with Crippen LogP contribution in [0.5, 0.6) is 0 Å². The number of aromatic nitrogens is 4. The van der Waals surface area contributed by atoms with Crippen LogP contribution in [0.4, 0.5) is 0 Å². The number of fused-ring (bicyclic) bond motifs is 1. The van der Waals surface area contributed by atoms with Gasteiger partial charge >= 0.3 is 0 Å². The monoisotopic (exact) mass is 327 g/mol. The van der Waals surface area contributed by atoms with E-state index < -0.39 is 0 Å². The van der Waals surface area contributed by atoms with Crippen molar-refractivity contribution >= 4 is 17.0 Å². The first-order valence-corrected chi connectivity index (χ1v) is 7.88. The van der Waals surface area contributed by atoms with E-state index in [1.165, 1.54) is 0 Å². The molecule has 1 atom stereocenters. The lowest BCUT2D eigenvalue weighted by Gasteiger charge is -2.14. The molecule has 7 heteroatoms. The van der Waals surface area contributed by atoms with Crippen molar-refractivity contribution in [1.82, 2.24) is 25.2 Å². The SMILES string of the molecule is Cc1cc(C(=O)N[C@H](C)Cc2cn(C)nc2C)c2c(C)noc2n1. The van der Waals surface area contributed by atoms with Crippen LogP contribution in [-0.2, 0) is 13.5 Å². The molecule has 0 fully saturated rings. The van der Waals surface area contributed by atoms with Crippen LogP contribution in [0, 0.1) is 20.8 Å². The van der Waals surface area contributed by atoms with Gasteiger partial charge in [0.05, 0.1) is 22.3 Å². The summed E-state index contributed by atoms with van der Waals surface area (Å²) in [6, 6.07) is 1.74. The van der Waals surface area contributed by atoms with Gasteiger partial charge < -0.3 is 9.84 Å². The molecular weight excluding hydrogens is 306 g/mol.